The van der Waals surface area contributed by atoms with Gasteiger partial charge in [0.05, 0.1) is 6.54 Å². The third kappa shape index (κ3) is 4.06. The molecule has 10 nitrogen and oxygen atoms in total. The summed E-state index contributed by atoms with van der Waals surface area (Å²) >= 11 is 6.29. The van der Waals surface area contributed by atoms with Gasteiger partial charge >= 0.3 is 5.69 Å². The summed E-state index contributed by atoms with van der Waals surface area (Å²) in [6.45, 7) is 0.252. The summed E-state index contributed by atoms with van der Waals surface area (Å²) in [6, 6.07) is 9.66. The van der Waals surface area contributed by atoms with Crippen molar-refractivity contribution in [3.05, 3.63) is 62.0 Å². The number of hydrogen-bond donors (Lipinski definition) is 2. The molecule has 0 radical (unpaired) electrons. The molecule has 0 spiro atoms. The maximum atomic E-state index is 12.8. The molecule has 2 heterocycles. The van der Waals surface area contributed by atoms with Gasteiger partial charge in [0.2, 0.25) is 18.1 Å². The summed E-state index contributed by atoms with van der Waals surface area (Å²) < 4.78 is 3.69. The average Bonchev–Trinajstić information content (AvgIpc) is 3.05. The van der Waals surface area contributed by atoms with Gasteiger partial charge in [0.1, 0.15) is 6.17 Å². The van der Waals surface area contributed by atoms with Crippen molar-refractivity contribution in [1.82, 2.24) is 29.3 Å². The number of carbonyl (C=O) groups is 2. The Labute approximate surface area is 169 Å². The highest BCUT2D eigenvalue weighted by Crippen LogP contribution is 2.17. The minimum atomic E-state index is -0.864. The van der Waals surface area contributed by atoms with Crippen LogP contribution in [0.3, 0.4) is 0 Å². The molecule has 2 aromatic heterocycles. The van der Waals surface area contributed by atoms with Crippen molar-refractivity contribution in [2.45, 2.75) is 25.7 Å². The fourth-order valence-electron chi connectivity index (χ4n) is 3.08. The molecular formula is C18H19ClN6O4. The zero-order chi connectivity index (χ0) is 21.0. The lowest BCUT2D eigenvalue weighted by Gasteiger charge is -2.17. The molecule has 0 aliphatic carbocycles. The molecule has 152 valence electrons. The number of carbonyl (C=O) groups excluding carboxylic acids is 2. The number of rotatable bonds is 9. The van der Waals surface area contributed by atoms with E-state index in [1.54, 1.807) is 4.57 Å². The van der Waals surface area contributed by atoms with E-state index in [9.17, 15) is 19.2 Å². The van der Waals surface area contributed by atoms with Crippen LogP contribution in [-0.4, -0.2) is 37.7 Å². The van der Waals surface area contributed by atoms with Crippen LogP contribution in [0.2, 0.25) is 5.28 Å². The molecule has 2 amide bonds. The number of benzene rings is 1. The molecule has 29 heavy (non-hydrogen) atoms. The summed E-state index contributed by atoms with van der Waals surface area (Å²) in [5.74, 6) is 0. The van der Waals surface area contributed by atoms with Gasteiger partial charge in [-0.25, -0.2) is 4.79 Å². The summed E-state index contributed by atoms with van der Waals surface area (Å²) in [7, 11) is 1.35. The van der Waals surface area contributed by atoms with E-state index in [1.807, 2.05) is 30.3 Å². The van der Waals surface area contributed by atoms with E-state index in [1.165, 1.54) is 11.6 Å². The topological polar surface area (TPSA) is 120 Å². The van der Waals surface area contributed by atoms with Crippen molar-refractivity contribution in [2.24, 2.45) is 7.05 Å². The van der Waals surface area contributed by atoms with Crippen molar-refractivity contribution in [3.8, 4) is 0 Å². The Balaban J connectivity index is 2.09. The van der Waals surface area contributed by atoms with Gasteiger partial charge in [-0.3, -0.25) is 23.5 Å². The Kier molecular flexibility index (Phi) is 6.13. The van der Waals surface area contributed by atoms with Crippen molar-refractivity contribution < 1.29 is 9.59 Å². The third-order valence-corrected chi connectivity index (χ3v) is 4.84. The highest BCUT2D eigenvalue weighted by Gasteiger charge is 2.21. The molecule has 0 aliphatic rings. The predicted octanol–water partition coefficient (Wildman–Crippen LogP) is -0.389. The predicted molar refractivity (Wildman–Crippen MR) is 107 cm³/mol. The first-order valence-corrected chi connectivity index (χ1v) is 9.14. The molecule has 0 fully saturated rings. The van der Waals surface area contributed by atoms with Crippen molar-refractivity contribution >= 4 is 35.6 Å². The number of aryl methyl sites for hydroxylation is 2. The van der Waals surface area contributed by atoms with Gasteiger partial charge in [-0.1, -0.05) is 30.3 Å². The largest absolute Gasteiger partial charge is 0.337 e. The molecule has 0 saturated heterocycles. The lowest BCUT2D eigenvalue weighted by molar-refractivity contribution is -0.112. The van der Waals surface area contributed by atoms with Crippen LogP contribution in [0, 0.1) is 0 Å². The second-order valence-electron chi connectivity index (χ2n) is 6.32. The van der Waals surface area contributed by atoms with Crippen LogP contribution in [0.5, 0.6) is 0 Å². The van der Waals surface area contributed by atoms with Crippen LogP contribution in [0.25, 0.3) is 11.2 Å². The highest BCUT2D eigenvalue weighted by molar-refractivity contribution is 6.29. The van der Waals surface area contributed by atoms with Gasteiger partial charge in [0.15, 0.2) is 11.2 Å². The molecular weight excluding hydrogens is 400 g/mol. The number of aromatic nitrogens is 4. The molecule has 0 aliphatic heterocycles. The fourth-order valence-corrected chi connectivity index (χ4v) is 3.33. The maximum absolute atomic E-state index is 12.8. The van der Waals surface area contributed by atoms with E-state index in [2.05, 4.69) is 15.6 Å². The van der Waals surface area contributed by atoms with Gasteiger partial charge in [-0.2, -0.15) is 4.98 Å². The average molecular weight is 419 g/mol. The van der Waals surface area contributed by atoms with Gasteiger partial charge in [-0.05, 0) is 23.6 Å². The molecule has 0 saturated carbocycles. The summed E-state index contributed by atoms with van der Waals surface area (Å²) in [5, 5.41) is 4.84. The minimum absolute atomic E-state index is 0.0654. The Hall–Kier alpha value is -3.40. The number of amides is 2. The Morgan fingerprint density at radius 1 is 1.10 bits per heavy atom. The maximum Gasteiger partial charge on any atom is 0.332 e. The number of nitrogens with zero attached hydrogens (tertiary/aromatic N) is 4. The van der Waals surface area contributed by atoms with E-state index >= 15 is 0 Å². The smallest absolute Gasteiger partial charge is 0.332 e. The second kappa shape index (κ2) is 8.74. The van der Waals surface area contributed by atoms with E-state index in [0.717, 1.165) is 10.1 Å². The third-order valence-electron chi connectivity index (χ3n) is 4.55. The second-order valence-corrected chi connectivity index (χ2v) is 6.66. The number of fused-ring (bicyclic) bond motifs is 1. The fraction of sp³-hybridized carbons (Fsp3) is 0.278. The van der Waals surface area contributed by atoms with Crippen molar-refractivity contribution in [2.75, 3.05) is 0 Å². The zero-order valence-electron chi connectivity index (χ0n) is 15.5. The molecule has 0 bridgehead atoms. The van der Waals surface area contributed by atoms with E-state index < -0.39 is 17.4 Å². The summed E-state index contributed by atoms with van der Waals surface area (Å²) in [4.78, 5) is 51.2. The number of halogens is 1. The van der Waals surface area contributed by atoms with Gasteiger partial charge in [0.25, 0.3) is 5.56 Å². The zero-order valence-corrected chi connectivity index (χ0v) is 16.3. The summed E-state index contributed by atoms with van der Waals surface area (Å²) in [5.41, 5.74) is 0.140. The van der Waals surface area contributed by atoms with Crippen molar-refractivity contribution in [1.29, 1.82) is 0 Å². The normalized spacial score (nSPS) is 11.0. The molecule has 0 unspecified atom stereocenters. The standard InChI is InChI=1S/C18H19ClN6O4/c1-23-16(28)14-15(25(18(23)29)9-13(20-10-26)21-11-27)22-17(19)24(14)8-7-12-5-3-2-4-6-12/h2-6,10-11,13H,7-9H2,1H3,(H,20,26)(H,21,27). The lowest BCUT2D eigenvalue weighted by Crippen LogP contribution is -2.48. The van der Waals surface area contributed by atoms with Crippen molar-refractivity contribution in [3.63, 3.8) is 0 Å². The summed E-state index contributed by atoms with van der Waals surface area (Å²) in [6.07, 6.45) is 0.542. The van der Waals surface area contributed by atoms with E-state index in [-0.39, 0.29) is 23.0 Å². The Morgan fingerprint density at radius 2 is 1.76 bits per heavy atom. The lowest BCUT2D eigenvalue weighted by atomic mass is 10.1. The minimum Gasteiger partial charge on any atom is -0.337 e. The Morgan fingerprint density at radius 3 is 2.38 bits per heavy atom. The quantitative estimate of drug-likeness (QED) is 0.278. The van der Waals surface area contributed by atoms with E-state index in [0.29, 0.717) is 25.8 Å². The van der Waals surface area contributed by atoms with Crippen LogP contribution >= 0.6 is 11.6 Å². The van der Waals surface area contributed by atoms with E-state index in [4.69, 9.17) is 11.6 Å². The number of nitrogens with one attached hydrogen (secondary N) is 2. The van der Waals surface area contributed by atoms with Crippen LogP contribution in [0.4, 0.5) is 0 Å². The number of hydrogen-bond acceptors (Lipinski definition) is 5. The van der Waals surface area contributed by atoms with Crippen LogP contribution in [0.15, 0.2) is 39.9 Å². The van der Waals surface area contributed by atoms with Gasteiger partial charge in [0, 0.05) is 13.6 Å². The van der Waals surface area contributed by atoms with Gasteiger partial charge < -0.3 is 15.2 Å². The first-order chi connectivity index (χ1) is 14.0. The monoisotopic (exact) mass is 418 g/mol. The van der Waals surface area contributed by atoms with Crippen LogP contribution < -0.4 is 21.9 Å². The van der Waals surface area contributed by atoms with Gasteiger partial charge in [-0.15, -0.1) is 0 Å². The molecule has 2 N–H and O–H groups in total. The number of imidazole rings is 1. The van der Waals surface area contributed by atoms with Crippen LogP contribution in [0.1, 0.15) is 5.56 Å². The molecule has 11 heteroatoms. The SMILES string of the molecule is Cn1c(=O)c2c(nc(Cl)n2CCc2ccccc2)n(CC(NC=O)NC=O)c1=O. The highest BCUT2D eigenvalue weighted by atomic mass is 35.5. The molecule has 1 aromatic carbocycles. The van der Waals surface area contributed by atoms with Crippen LogP contribution in [-0.2, 0) is 36.1 Å². The molecule has 3 aromatic rings. The first-order valence-electron chi connectivity index (χ1n) is 8.76. The molecule has 0 atom stereocenters. The molecule has 3 rings (SSSR count). The first kappa shape index (κ1) is 20.3. The Bertz CT molecular complexity index is 1140.